The zero-order chi connectivity index (χ0) is 20.0. The highest BCUT2D eigenvalue weighted by molar-refractivity contribution is 5.96. The zero-order valence-electron chi connectivity index (χ0n) is 16.0. The summed E-state index contributed by atoms with van der Waals surface area (Å²) in [5.74, 6) is -0.105. The van der Waals surface area contributed by atoms with Crippen LogP contribution in [-0.2, 0) is 17.6 Å². The first-order valence-corrected chi connectivity index (χ1v) is 9.34. The lowest BCUT2D eigenvalue weighted by Crippen LogP contribution is -2.51. The Hall–Kier alpha value is -2.81. The van der Waals surface area contributed by atoms with Gasteiger partial charge < -0.3 is 10.2 Å². The summed E-state index contributed by atoms with van der Waals surface area (Å²) >= 11 is 0. The van der Waals surface area contributed by atoms with Gasteiger partial charge in [0.25, 0.3) is 5.91 Å². The van der Waals surface area contributed by atoms with Gasteiger partial charge in [0.1, 0.15) is 11.6 Å². The van der Waals surface area contributed by atoms with Crippen molar-refractivity contribution in [3.63, 3.8) is 0 Å². The van der Waals surface area contributed by atoms with Gasteiger partial charge in [-0.3, -0.25) is 9.59 Å². The van der Waals surface area contributed by atoms with Crippen molar-refractivity contribution < 1.29 is 18.8 Å². The number of ketones is 1. The predicted octanol–water partition coefficient (Wildman–Crippen LogP) is 1.63. The summed E-state index contributed by atoms with van der Waals surface area (Å²) in [6.07, 6.45) is 0.399. The average Bonchev–Trinajstić information content (AvgIpc) is 3.16. The van der Waals surface area contributed by atoms with E-state index >= 15 is 0 Å². The van der Waals surface area contributed by atoms with Crippen LogP contribution in [0.2, 0.25) is 0 Å². The number of nitrogens with zero attached hydrogens (tertiary/aromatic N) is 3. The summed E-state index contributed by atoms with van der Waals surface area (Å²) in [4.78, 5) is 34.7. The Bertz CT molecular complexity index is 955. The Morgan fingerprint density at radius 3 is 2.96 bits per heavy atom. The van der Waals surface area contributed by atoms with Gasteiger partial charge in [0.2, 0.25) is 5.82 Å². The van der Waals surface area contributed by atoms with Crippen molar-refractivity contribution in [3.8, 4) is 5.75 Å². The number of halogens is 1. The second kappa shape index (κ2) is 6.97. The van der Waals surface area contributed by atoms with E-state index in [0.29, 0.717) is 11.5 Å². The van der Waals surface area contributed by atoms with Gasteiger partial charge in [-0.05, 0) is 37.0 Å². The van der Waals surface area contributed by atoms with Crippen LogP contribution in [0.15, 0.2) is 12.1 Å². The van der Waals surface area contributed by atoms with Crippen molar-refractivity contribution in [1.82, 2.24) is 25.6 Å². The Kier molecular flexibility index (Phi) is 4.62. The molecule has 2 N–H and O–H groups in total. The van der Waals surface area contributed by atoms with Gasteiger partial charge in [-0.25, -0.2) is 14.1 Å². The zero-order valence-corrected chi connectivity index (χ0v) is 16.0. The predicted molar refractivity (Wildman–Crippen MR) is 97.1 cm³/mol. The SMILES string of the molecule is Cc1cc(F)c2c(c1)ON[C@H](NC(=O)c1nc3n(n1)C(C(C)C)CC3)C(=O)C2. The molecule has 4 rings (SSSR count). The first-order valence-electron chi connectivity index (χ1n) is 9.34. The number of fused-ring (bicyclic) bond motifs is 2. The van der Waals surface area contributed by atoms with Crippen molar-refractivity contribution in [3.05, 3.63) is 40.7 Å². The minimum Gasteiger partial charge on any atom is -0.406 e. The number of aromatic nitrogens is 3. The molecule has 2 aliphatic rings. The molecule has 9 heteroatoms. The number of rotatable bonds is 3. The fourth-order valence-electron chi connectivity index (χ4n) is 3.68. The van der Waals surface area contributed by atoms with Gasteiger partial charge in [0.15, 0.2) is 17.7 Å². The number of hydroxylamine groups is 1. The van der Waals surface area contributed by atoms with E-state index in [4.69, 9.17) is 4.84 Å². The highest BCUT2D eigenvalue weighted by Gasteiger charge is 2.32. The number of benzene rings is 1. The fraction of sp³-hybridized carbons (Fsp3) is 0.474. The molecule has 0 bridgehead atoms. The Morgan fingerprint density at radius 2 is 2.21 bits per heavy atom. The smallest absolute Gasteiger partial charge is 0.292 e. The Morgan fingerprint density at radius 1 is 1.43 bits per heavy atom. The molecule has 1 unspecified atom stereocenters. The number of carbonyl (C=O) groups is 2. The van der Waals surface area contributed by atoms with Crippen LogP contribution in [-0.4, -0.2) is 32.6 Å². The van der Waals surface area contributed by atoms with Crippen LogP contribution in [0, 0.1) is 18.7 Å². The van der Waals surface area contributed by atoms with Crippen LogP contribution >= 0.6 is 0 Å². The molecule has 3 heterocycles. The van der Waals surface area contributed by atoms with Crippen LogP contribution in [0.4, 0.5) is 4.39 Å². The van der Waals surface area contributed by atoms with Crippen LogP contribution in [0.5, 0.6) is 5.75 Å². The summed E-state index contributed by atoms with van der Waals surface area (Å²) in [6, 6.07) is 3.19. The van der Waals surface area contributed by atoms with E-state index in [2.05, 4.69) is 34.7 Å². The van der Waals surface area contributed by atoms with Crippen molar-refractivity contribution in [1.29, 1.82) is 0 Å². The third-order valence-corrected chi connectivity index (χ3v) is 5.19. The van der Waals surface area contributed by atoms with Crippen LogP contribution in [0.3, 0.4) is 0 Å². The molecule has 0 radical (unpaired) electrons. The van der Waals surface area contributed by atoms with E-state index in [9.17, 15) is 14.0 Å². The maximum absolute atomic E-state index is 14.2. The third-order valence-electron chi connectivity index (χ3n) is 5.19. The summed E-state index contributed by atoms with van der Waals surface area (Å²) in [5, 5.41) is 6.87. The minimum absolute atomic E-state index is 0.0127. The average molecular weight is 387 g/mol. The highest BCUT2D eigenvalue weighted by Crippen LogP contribution is 2.30. The molecule has 1 amide bonds. The normalized spacial score (nSPS) is 21.1. The molecule has 1 aromatic heterocycles. The largest absolute Gasteiger partial charge is 0.406 e. The molecular formula is C19H22FN5O3. The molecule has 1 aromatic carbocycles. The van der Waals surface area contributed by atoms with E-state index < -0.39 is 23.7 Å². The lowest BCUT2D eigenvalue weighted by atomic mass is 10.0. The van der Waals surface area contributed by atoms with E-state index in [1.54, 1.807) is 17.7 Å². The van der Waals surface area contributed by atoms with E-state index in [0.717, 1.165) is 18.7 Å². The lowest BCUT2D eigenvalue weighted by Gasteiger charge is -2.16. The van der Waals surface area contributed by atoms with Gasteiger partial charge in [0.05, 0.1) is 6.04 Å². The molecular weight excluding hydrogens is 365 g/mol. The Labute approximate surface area is 161 Å². The van der Waals surface area contributed by atoms with Crippen LogP contribution in [0.25, 0.3) is 0 Å². The van der Waals surface area contributed by atoms with E-state index in [-0.39, 0.29) is 29.6 Å². The summed E-state index contributed by atoms with van der Waals surface area (Å²) in [7, 11) is 0. The maximum atomic E-state index is 14.2. The summed E-state index contributed by atoms with van der Waals surface area (Å²) in [6.45, 7) is 5.93. The van der Waals surface area contributed by atoms with Crippen LogP contribution in [0.1, 0.15) is 53.9 Å². The fourth-order valence-corrected chi connectivity index (χ4v) is 3.68. The molecule has 2 aromatic rings. The highest BCUT2D eigenvalue weighted by atomic mass is 19.1. The molecule has 28 heavy (non-hydrogen) atoms. The molecule has 0 fully saturated rings. The van der Waals surface area contributed by atoms with Gasteiger partial charge in [0, 0.05) is 18.4 Å². The number of hydrogen-bond donors (Lipinski definition) is 2. The quantitative estimate of drug-likeness (QED) is 0.831. The molecule has 0 spiro atoms. The monoisotopic (exact) mass is 387 g/mol. The first kappa shape index (κ1) is 18.5. The second-order valence-electron chi connectivity index (χ2n) is 7.64. The van der Waals surface area contributed by atoms with Gasteiger partial charge >= 0.3 is 0 Å². The minimum atomic E-state index is -1.13. The number of nitrogens with one attached hydrogen (secondary N) is 2. The number of amides is 1. The van der Waals surface area contributed by atoms with Crippen molar-refractivity contribution in [2.75, 3.05) is 0 Å². The molecule has 8 nitrogen and oxygen atoms in total. The number of aryl methyl sites for hydroxylation is 2. The second-order valence-corrected chi connectivity index (χ2v) is 7.64. The number of Topliss-reactive ketones (excluding diaryl/α,β-unsaturated/α-hetero) is 1. The molecule has 0 aliphatic carbocycles. The van der Waals surface area contributed by atoms with Crippen molar-refractivity contribution in [2.24, 2.45) is 5.92 Å². The van der Waals surface area contributed by atoms with Crippen molar-refractivity contribution in [2.45, 2.75) is 52.2 Å². The first-order chi connectivity index (χ1) is 13.3. The third kappa shape index (κ3) is 3.26. The molecule has 2 aliphatic heterocycles. The number of hydrogen-bond acceptors (Lipinski definition) is 6. The number of carbonyl (C=O) groups excluding carboxylic acids is 2. The topological polar surface area (TPSA) is 98.1 Å². The van der Waals surface area contributed by atoms with Crippen molar-refractivity contribution >= 4 is 11.7 Å². The van der Waals surface area contributed by atoms with Crippen LogP contribution < -0.4 is 15.6 Å². The van der Waals surface area contributed by atoms with Gasteiger partial charge in [-0.1, -0.05) is 13.8 Å². The molecule has 2 atom stereocenters. The molecule has 0 saturated heterocycles. The van der Waals surface area contributed by atoms with Gasteiger partial charge in [-0.2, -0.15) is 0 Å². The molecule has 148 valence electrons. The Balaban J connectivity index is 1.49. The van der Waals surface area contributed by atoms with E-state index in [1.165, 1.54) is 6.07 Å². The van der Waals surface area contributed by atoms with E-state index in [1.807, 2.05) is 0 Å². The summed E-state index contributed by atoms with van der Waals surface area (Å²) in [5.41, 5.74) is 3.34. The lowest BCUT2D eigenvalue weighted by molar-refractivity contribution is -0.122. The van der Waals surface area contributed by atoms with Gasteiger partial charge in [-0.15, -0.1) is 10.6 Å². The molecule has 0 saturated carbocycles. The standard InChI is InChI=1S/C19H22FN5O3/c1-9(2)13-4-5-16-21-18(23-25(13)16)19(27)22-17-14(26)8-11-12(20)6-10(3)7-15(11)28-24-17/h6-7,9,13,17,24H,4-5,8H2,1-3H3,(H,22,27)/t13?,17-/m0/s1. The summed E-state index contributed by atoms with van der Waals surface area (Å²) < 4.78 is 16.0. The maximum Gasteiger partial charge on any atom is 0.292 e.